The lowest BCUT2D eigenvalue weighted by molar-refractivity contribution is -0.131. The second-order valence-corrected chi connectivity index (χ2v) is 10.7. The van der Waals surface area contributed by atoms with Gasteiger partial charge in [-0.3, -0.25) is 4.98 Å². The third kappa shape index (κ3) is 4.59. The van der Waals surface area contributed by atoms with Crippen LogP contribution in [0.1, 0.15) is 75.4 Å². The van der Waals surface area contributed by atoms with Crippen LogP contribution >= 0.6 is 0 Å². The van der Waals surface area contributed by atoms with Crippen LogP contribution in [0.3, 0.4) is 0 Å². The lowest BCUT2D eigenvalue weighted by atomic mass is 9.62. The third-order valence-electron chi connectivity index (χ3n) is 6.49. The number of likely N-dealkylation sites (tertiary alicyclic amines) is 1. The first-order valence-corrected chi connectivity index (χ1v) is 11.5. The zero-order chi connectivity index (χ0) is 25.5. The summed E-state index contributed by atoms with van der Waals surface area (Å²) in [6, 6.07) is 9.55. The Morgan fingerprint density at radius 1 is 1.21 bits per heavy atom. The van der Waals surface area contributed by atoms with Gasteiger partial charge in [-0.2, -0.15) is 0 Å². The van der Waals surface area contributed by atoms with Gasteiger partial charge in [0.1, 0.15) is 11.2 Å². The molecule has 2 heterocycles. The number of pyridine rings is 1. The molecule has 1 saturated heterocycles. The van der Waals surface area contributed by atoms with Gasteiger partial charge >= 0.3 is 6.09 Å². The number of nitrogens with two attached hydrogens (primary N) is 1. The molecule has 0 aliphatic carbocycles. The highest BCUT2D eigenvalue weighted by atomic mass is 16.6. The van der Waals surface area contributed by atoms with Crippen LogP contribution in [0.2, 0.25) is 0 Å². The van der Waals surface area contributed by atoms with Gasteiger partial charge in [-0.1, -0.05) is 50.2 Å². The van der Waals surface area contributed by atoms with Gasteiger partial charge in [-0.05, 0) is 50.8 Å². The molecule has 0 spiro atoms. The molecule has 1 aromatic heterocycles. The SMILES string of the molecule is Cc1ncc(C(O)(c2ccc(C(C)C)cc2)C2(C)CN(C(=O)OC(C)(C)C)C2)cc1C(N)=NO. The average Bonchev–Trinajstić information content (AvgIpc) is 2.74. The fourth-order valence-electron chi connectivity index (χ4n) is 4.50. The zero-order valence-electron chi connectivity index (χ0n) is 21.1. The van der Waals surface area contributed by atoms with Crippen molar-refractivity contribution in [1.82, 2.24) is 9.88 Å². The summed E-state index contributed by atoms with van der Waals surface area (Å²) in [6.07, 6.45) is 1.20. The Kier molecular flexibility index (Phi) is 6.68. The third-order valence-corrected chi connectivity index (χ3v) is 6.49. The first-order valence-electron chi connectivity index (χ1n) is 11.5. The van der Waals surface area contributed by atoms with Gasteiger partial charge in [-0.25, -0.2) is 4.79 Å². The maximum absolute atomic E-state index is 12.6. The Hall–Kier alpha value is -3.13. The van der Waals surface area contributed by atoms with Crippen molar-refractivity contribution < 1.29 is 19.8 Å². The fraction of sp³-hybridized carbons (Fsp3) is 0.500. The highest BCUT2D eigenvalue weighted by Gasteiger charge is 2.58. The lowest BCUT2D eigenvalue weighted by Crippen LogP contribution is -2.66. The van der Waals surface area contributed by atoms with E-state index in [1.165, 1.54) is 0 Å². The van der Waals surface area contributed by atoms with Crippen LogP contribution in [-0.4, -0.2) is 50.8 Å². The van der Waals surface area contributed by atoms with E-state index in [4.69, 9.17) is 10.5 Å². The molecule has 1 unspecified atom stereocenters. The molecule has 4 N–H and O–H groups in total. The summed E-state index contributed by atoms with van der Waals surface area (Å²) in [5.74, 6) is 0.260. The van der Waals surface area contributed by atoms with Crippen LogP contribution in [-0.2, 0) is 10.3 Å². The Morgan fingerprint density at radius 2 is 1.79 bits per heavy atom. The molecular weight excluding hydrogens is 432 g/mol. The number of oxime groups is 1. The van der Waals surface area contributed by atoms with E-state index in [0.717, 1.165) is 5.56 Å². The summed E-state index contributed by atoms with van der Waals surface area (Å²) < 4.78 is 5.51. The topological polar surface area (TPSA) is 121 Å². The van der Waals surface area contributed by atoms with Crippen LogP contribution in [0.5, 0.6) is 0 Å². The van der Waals surface area contributed by atoms with Crippen molar-refractivity contribution >= 4 is 11.9 Å². The van der Waals surface area contributed by atoms with Gasteiger partial charge in [0.25, 0.3) is 0 Å². The monoisotopic (exact) mass is 468 g/mol. The summed E-state index contributed by atoms with van der Waals surface area (Å²) in [5, 5.41) is 24.7. The number of hydrogen-bond donors (Lipinski definition) is 3. The van der Waals surface area contributed by atoms with E-state index >= 15 is 0 Å². The maximum atomic E-state index is 12.6. The predicted octanol–water partition coefficient (Wildman–Crippen LogP) is 4.10. The molecule has 34 heavy (non-hydrogen) atoms. The summed E-state index contributed by atoms with van der Waals surface area (Å²) in [5.41, 5.74) is 6.39. The van der Waals surface area contributed by atoms with E-state index in [9.17, 15) is 15.1 Å². The van der Waals surface area contributed by atoms with Crippen molar-refractivity contribution in [1.29, 1.82) is 0 Å². The number of carbonyl (C=O) groups is 1. The number of aromatic nitrogens is 1. The molecule has 3 rings (SSSR count). The smallest absolute Gasteiger partial charge is 0.410 e. The van der Waals surface area contributed by atoms with Crippen LogP contribution in [0.15, 0.2) is 41.7 Å². The largest absolute Gasteiger partial charge is 0.444 e. The Morgan fingerprint density at radius 3 is 2.29 bits per heavy atom. The summed E-state index contributed by atoms with van der Waals surface area (Å²) in [7, 11) is 0. The number of hydrogen-bond acceptors (Lipinski definition) is 6. The summed E-state index contributed by atoms with van der Waals surface area (Å²) in [6.45, 7) is 14.0. The lowest BCUT2D eigenvalue weighted by Gasteiger charge is -2.56. The van der Waals surface area contributed by atoms with Gasteiger partial charge < -0.3 is 25.7 Å². The van der Waals surface area contributed by atoms with E-state index < -0.39 is 22.7 Å². The van der Waals surface area contributed by atoms with E-state index in [0.29, 0.717) is 28.3 Å². The number of aliphatic hydroxyl groups is 1. The molecule has 8 nitrogen and oxygen atoms in total. The second kappa shape index (κ2) is 8.91. The molecule has 8 heteroatoms. The molecule has 1 aliphatic heterocycles. The standard InChI is InChI=1S/C26H36N4O4/c1-16(2)18-8-10-19(11-9-18)26(32,20-12-21(22(27)29-33)17(3)28-13-20)25(7)14-30(15-25)23(31)34-24(4,5)6/h8-13,16,32-33H,14-15H2,1-7H3,(H2,27,29). The molecule has 2 aromatic rings. The number of carbonyl (C=O) groups excluding carboxylic acids is 1. The molecule has 1 atom stereocenters. The Bertz CT molecular complexity index is 1080. The van der Waals surface area contributed by atoms with Crippen molar-refractivity contribution in [3.63, 3.8) is 0 Å². The van der Waals surface area contributed by atoms with Crippen LogP contribution in [0, 0.1) is 12.3 Å². The first kappa shape index (κ1) is 25.5. The Balaban J connectivity index is 2.08. The molecule has 1 amide bonds. The van der Waals surface area contributed by atoms with Gasteiger partial charge in [0, 0.05) is 41.5 Å². The van der Waals surface area contributed by atoms with Crippen molar-refractivity contribution in [2.75, 3.05) is 13.1 Å². The van der Waals surface area contributed by atoms with Gasteiger partial charge in [-0.15, -0.1) is 0 Å². The van der Waals surface area contributed by atoms with Crippen molar-refractivity contribution in [3.05, 3.63) is 64.5 Å². The number of nitrogens with zero attached hydrogens (tertiary/aromatic N) is 3. The van der Waals surface area contributed by atoms with Crippen molar-refractivity contribution in [2.45, 2.75) is 65.6 Å². The number of aryl methyl sites for hydroxylation is 1. The van der Waals surface area contributed by atoms with Crippen molar-refractivity contribution in [2.24, 2.45) is 16.3 Å². The minimum atomic E-state index is -1.49. The highest BCUT2D eigenvalue weighted by Crippen LogP contribution is 2.51. The maximum Gasteiger partial charge on any atom is 0.410 e. The van der Waals surface area contributed by atoms with E-state index in [1.807, 2.05) is 52.0 Å². The van der Waals surface area contributed by atoms with E-state index in [2.05, 4.69) is 24.0 Å². The summed E-state index contributed by atoms with van der Waals surface area (Å²) in [4.78, 5) is 18.6. The molecule has 1 aromatic carbocycles. The van der Waals surface area contributed by atoms with Crippen LogP contribution in [0.25, 0.3) is 0 Å². The number of amides is 1. The normalized spacial score (nSPS) is 17.8. The minimum absolute atomic E-state index is 0.0847. The number of ether oxygens (including phenoxy) is 1. The molecule has 1 aliphatic rings. The molecule has 0 radical (unpaired) electrons. The quantitative estimate of drug-likeness (QED) is 0.263. The predicted molar refractivity (Wildman–Crippen MR) is 131 cm³/mol. The highest BCUT2D eigenvalue weighted by molar-refractivity contribution is 5.98. The average molecular weight is 469 g/mol. The van der Waals surface area contributed by atoms with Gasteiger partial charge in [0.05, 0.1) is 0 Å². The fourth-order valence-corrected chi connectivity index (χ4v) is 4.50. The number of rotatable bonds is 5. The van der Waals surface area contributed by atoms with Crippen LogP contribution in [0.4, 0.5) is 4.79 Å². The van der Waals surface area contributed by atoms with Crippen molar-refractivity contribution in [3.8, 4) is 0 Å². The second-order valence-electron chi connectivity index (χ2n) is 10.7. The van der Waals surface area contributed by atoms with E-state index in [-0.39, 0.29) is 18.9 Å². The van der Waals surface area contributed by atoms with Gasteiger partial charge in [0.15, 0.2) is 5.84 Å². The number of benzene rings is 1. The molecule has 0 saturated carbocycles. The zero-order valence-corrected chi connectivity index (χ0v) is 21.1. The first-order chi connectivity index (χ1) is 15.7. The molecule has 1 fully saturated rings. The Labute approximate surface area is 201 Å². The summed E-state index contributed by atoms with van der Waals surface area (Å²) >= 11 is 0. The van der Waals surface area contributed by atoms with E-state index in [1.54, 1.807) is 24.1 Å². The molecular formula is C26H36N4O4. The molecule has 0 bridgehead atoms. The number of amidine groups is 1. The minimum Gasteiger partial charge on any atom is -0.444 e. The van der Waals surface area contributed by atoms with Gasteiger partial charge in [0.2, 0.25) is 0 Å². The molecule has 184 valence electrons. The van der Waals surface area contributed by atoms with Crippen LogP contribution < -0.4 is 5.73 Å².